The maximum absolute atomic E-state index is 14.6. The van der Waals surface area contributed by atoms with Crippen molar-refractivity contribution in [1.29, 1.82) is 0 Å². The normalized spacial score (nSPS) is 16.9. The van der Waals surface area contributed by atoms with Crippen LogP contribution in [0.4, 0.5) is 0 Å². The van der Waals surface area contributed by atoms with Crippen molar-refractivity contribution in [2.45, 2.75) is 85.2 Å². The molecule has 2 aromatic carbocycles. The van der Waals surface area contributed by atoms with Crippen LogP contribution in [0.2, 0.25) is 0 Å². The molecular formula is C27H35O3P. The van der Waals surface area contributed by atoms with Gasteiger partial charge < -0.3 is 4.57 Å². The van der Waals surface area contributed by atoms with E-state index in [0.717, 1.165) is 40.7 Å². The molecule has 0 spiro atoms. The third-order valence-electron chi connectivity index (χ3n) is 6.75. The fourth-order valence-corrected chi connectivity index (χ4v) is 8.22. The van der Waals surface area contributed by atoms with Gasteiger partial charge in [-0.3, -0.25) is 9.59 Å². The van der Waals surface area contributed by atoms with Crippen LogP contribution in [0, 0.1) is 27.7 Å². The molecule has 31 heavy (non-hydrogen) atoms. The van der Waals surface area contributed by atoms with Gasteiger partial charge in [-0.05, 0) is 73.8 Å². The molecular weight excluding hydrogens is 403 g/mol. The van der Waals surface area contributed by atoms with Crippen LogP contribution in [-0.2, 0) is 9.98 Å². The molecule has 166 valence electrons. The van der Waals surface area contributed by atoms with Crippen LogP contribution in [0.1, 0.15) is 95.0 Å². The van der Waals surface area contributed by atoms with Gasteiger partial charge in [0.1, 0.15) is 0 Å². The molecule has 0 bridgehead atoms. The van der Waals surface area contributed by atoms with E-state index in [9.17, 15) is 14.2 Å². The summed E-state index contributed by atoms with van der Waals surface area (Å²) in [7, 11) is -3.83. The highest BCUT2D eigenvalue weighted by Crippen LogP contribution is 2.61. The second-order valence-electron chi connectivity index (χ2n) is 10.2. The molecule has 0 aliphatic heterocycles. The zero-order valence-electron chi connectivity index (χ0n) is 20.0. The standard InChI is InChI=1S/C27H35O3P/c1-17-11-10-12-18(2)23(17)25(28)31(30,22-13-8-9-14-22)26(29)24-19(3)15-21(16-20(24)4)27(5,6)7/h10-12,15-16,22H,8-9,13-14H2,1-7H3. The Balaban J connectivity index is 2.20. The summed E-state index contributed by atoms with van der Waals surface area (Å²) < 4.78 is 14.6. The number of carbonyl (C=O) groups excluding carboxylic acids is 2. The third kappa shape index (κ3) is 4.22. The summed E-state index contributed by atoms with van der Waals surface area (Å²) in [6, 6.07) is 9.64. The van der Waals surface area contributed by atoms with Crippen molar-refractivity contribution < 1.29 is 14.2 Å². The van der Waals surface area contributed by atoms with Gasteiger partial charge in [0, 0.05) is 16.8 Å². The molecule has 2 aromatic rings. The van der Waals surface area contributed by atoms with Gasteiger partial charge in [0.2, 0.25) is 18.2 Å². The van der Waals surface area contributed by atoms with Gasteiger partial charge in [-0.25, -0.2) is 0 Å². The van der Waals surface area contributed by atoms with Crippen LogP contribution in [0.25, 0.3) is 0 Å². The second kappa shape index (κ2) is 8.51. The van der Waals surface area contributed by atoms with E-state index < -0.39 is 18.2 Å². The highest BCUT2D eigenvalue weighted by molar-refractivity contribution is 7.96. The molecule has 1 fully saturated rings. The van der Waals surface area contributed by atoms with Crippen LogP contribution in [0.15, 0.2) is 30.3 Å². The Morgan fingerprint density at radius 2 is 1.23 bits per heavy atom. The van der Waals surface area contributed by atoms with Crippen molar-refractivity contribution in [1.82, 2.24) is 0 Å². The lowest BCUT2D eigenvalue weighted by Gasteiger charge is -2.26. The highest BCUT2D eigenvalue weighted by atomic mass is 31.2. The van der Waals surface area contributed by atoms with Gasteiger partial charge in [-0.2, -0.15) is 0 Å². The number of hydrogen-bond donors (Lipinski definition) is 0. The molecule has 1 unspecified atom stereocenters. The Bertz CT molecular complexity index is 1040. The molecule has 0 heterocycles. The van der Waals surface area contributed by atoms with E-state index >= 15 is 0 Å². The first-order valence-electron chi connectivity index (χ1n) is 11.3. The van der Waals surface area contributed by atoms with E-state index in [2.05, 4.69) is 20.8 Å². The van der Waals surface area contributed by atoms with Crippen LogP contribution < -0.4 is 0 Å². The van der Waals surface area contributed by atoms with E-state index in [4.69, 9.17) is 0 Å². The topological polar surface area (TPSA) is 51.2 Å². The number of aryl methyl sites for hydroxylation is 4. The minimum absolute atomic E-state index is 0.0552. The predicted octanol–water partition coefficient (Wildman–Crippen LogP) is 7.50. The molecule has 0 aromatic heterocycles. The first-order chi connectivity index (χ1) is 14.4. The lowest BCUT2D eigenvalue weighted by atomic mass is 9.84. The average Bonchev–Trinajstić information content (AvgIpc) is 3.20. The molecule has 1 aliphatic rings. The average molecular weight is 439 g/mol. The fourth-order valence-electron chi connectivity index (χ4n) is 4.91. The summed E-state index contributed by atoms with van der Waals surface area (Å²) in [4.78, 5) is 27.9. The lowest BCUT2D eigenvalue weighted by Crippen LogP contribution is -2.23. The molecule has 1 saturated carbocycles. The summed E-state index contributed by atoms with van der Waals surface area (Å²) in [6.45, 7) is 13.9. The first kappa shape index (κ1) is 23.7. The SMILES string of the molecule is Cc1cccc(C)c1C(=O)P(=O)(C(=O)c1c(C)cc(C(C)(C)C)cc1C)C1CCCC1. The van der Waals surface area contributed by atoms with Gasteiger partial charge in [0.15, 0.2) is 0 Å². The Hall–Kier alpha value is -1.99. The van der Waals surface area contributed by atoms with Crippen LogP contribution in [0.3, 0.4) is 0 Å². The molecule has 0 saturated heterocycles. The van der Waals surface area contributed by atoms with E-state index in [1.54, 1.807) is 0 Å². The van der Waals surface area contributed by atoms with Crippen LogP contribution in [-0.4, -0.2) is 16.7 Å². The number of rotatable bonds is 5. The lowest BCUT2D eigenvalue weighted by molar-refractivity contribution is 0.103. The largest absolute Gasteiger partial charge is 0.306 e. The minimum atomic E-state index is -3.83. The highest BCUT2D eigenvalue weighted by Gasteiger charge is 2.49. The monoisotopic (exact) mass is 438 g/mol. The van der Waals surface area contributed by atoms with Gasteiger partial charge in [-0.15, -0.1) is 0 Å². The zero-order chi connectivity index (χ0) is 23.1. The second-order valence-corrected chi connectivity index (χ2v) is 13.1. The van der Waals surface area contributed by atoms with E-state index in [1.807, 2.05) is 58.0 Å². The predicted molar refractivity (Wildman–Crippen MR) is 129 cm³/mol. The molecule has 0 N–H and O–H groups in total. The molecule has 1 atom stereocenters. The molecule has 1 aliphatic carbocycles. The zero-order valence-corrected chi connectivity index (χ0v) is 20.9. The third-order valence-corrected chi connectivity index (χ3v) is 9.95. The van der Waals surface area contributed by atoms with Crippen molar-refractivity contribution in [3.63, 3.8) is 0 Å². The summed E-state index contributed by atoms with van der Waals surface area (Å²) in [5.41, 5.74) is 3.96. The van der Waals surface area contributed by atoms with Crippen molar-refractivity contribution in [2.24, 2.45) is 0 Å². The molecule has 0 amide bonds. The van der Waals surface area contributed by atoms with Gasteiger partial charge in [-0.1, -0.05) is 63.9 Å². The number of carbonyl (C=O) groups is 2. The Morgan fingerprint density at radius 1 is 0.806 bits per heavy atom. The summed E-state index contributed by atoms with van der Waals surface area (Å²) in [6.07, 6.45) is 3.20. The number of benzene rings is 2. The van der Waals surface area contributed by atoms with Gasteiger partial charge in [0.05, 0.1) is 0 Å². The van der Waals surface area contributed by atoms with Crippen LogP contribution >= 0.6 is 7.14 Å². The van der Waals surface area contributed by atoms with E-state index in [0.29, 0.717) is 24.0 Å². The van der Waals surface area contributed by atoms with Crippen molar-refractivity contribution in [3.8, 4) is 0 Å². The first-order valence-corrected chi connectivity index (χ1v) is 13.0. The molecule has 4 heteroatoms. The van der Waals surface area contributed by atoms with E-state index in [1.165, 1.54) is 0 Å². The van der Waals surface area contributed by atoms with Crippen LogP contribution in [0.5, 0.6) is 0 Å². The maximum atomic E-state index is 14.6. The Morgan fingerprint density at radius 3 is 1.65 bits per heavy atom. The minimum Gasteiger partial charge on any atom is -0.306 e. The smallest absolute Gasteiger partial charge is 0.229 e. The molecule has 3 rings (SSSR count). The Kier molecular flexibility index (Phi) is 6.50. The van der Waals surface area contributed by atoms with Gasteiger partial charge >= 0.3 is 0 Å². The quantitative estimate of drug-likeness (QED) is 0.454. The fraction of sp³-hybridized carbons (Fsp3) is 0.481. The van der Waals surface area contributed by atoms with Gasteiger partial charge in [0.25, 0.3) is 0 Å². The number of hydrogen-bond acceptors (Lipinski definition) is 3. The van der Waals surface area contributed by atoms with Crippen molar-refractivity contribution >= 4 is 18.2 Å². The summed E-state index contributed by atoms with van der Waals surface area (Å²) in [5, 5.41) is 0. The maximum Gasteiger partial charge on any atom is 0.229 e. The molecule has 3 nitrogen and oxygen atoms in total. The van der Waals surface area contributed by atoms with Crippen molar-refractivity contribution in [3.05, 3.63) is 69.3 Å². The van der Waals surface area contributed by atoms with Crippen molar-refractivity contribution in [2.75, 3.05) is 0 Å². The summed E-state index contributed by atoms with van der Waals surface area (Å²) >= 11 is 0. The Labute approximate surface area is 187 Å². The molecule has 0 radical (unpaired) electrons. The van der Waals surface area contributed by atoms with E-state index in [-0.39, 0.29) is 11.1 Å². The summed E-state index contributed by atoms with van der Waals surface area (Å²) in [5.74, 6) is 0.